The van der Waals surface area contributed by atoms with Crippen molar-refractivity contribution >= 4 is 18.9 Å². The van der Waals surface area contributed by atoms with Crippen molar-refractivity contribution in [2.45, 2.75) is 30.5 Å². The first kappa shape index (κ1) is 20.1. The number of aliphatic hydroxyl groups excluding tert-OH is 5. The van der Waals surface area contributed by atoms with Crippen LogP contribution in [0.1, 0.15) is 0 Å². The number of aliphatic hydroxyl groups is 5. The third-order valence-corrected chi connectivity index (χ3v) is 1.84. The normalized spacial score (nSPS) is 16.6. The second-order valence-electron chi connectivity index (χ2n) is 3.23. The van der Waals surface area contributed by atoms with E-state index in [1.165, 1.54) is 0 Å². The minimum absolute atomic E-state index is 0.160. The summed E-state index contributed by atoms with van der Waals surface area (Å²) < 4.78 is 0. The standard InChI is InChI=1S/C6H13NO6.C3H4O3/c7-13-4(2-9)6(12)5(11)3(10)1-8;4-1-3(6)2-5/h2-6,8,10-12H,1,7H2;1-3,6H. The van der Waals surface area contributed by atoms with Gasteiger partial charge in [0.15, 0.2) is 31.1 Å². The molecule has 0 aliphatic carbocycles. The first-order chi connectivity index (χ1) is 8.89. The molecule has 10 nitrogen and oxygen atoms in total. The van der Waals surface area contributed by atoms with Gasteiger partial charge in [0.05, 0.1) is 6.61 Å². The molecule has 0 aromatic heterocycles. The lowest BCUT2D eigenvalue weighted by molar-refractivity contribution is -0.146. The van der Waals surface area contributed by atoms with Crippen LogP contribution in [-0.2, 0) is 19.2 Å². The summed E-state index contributed by atoms with van der Waals surface area (Å²) in [6, 6.07) is 0. The summed E-state index contributed by atoms with van der Waals surface area (Å²) in [5.74, 6) is 4.62. The van der Waals surface area contributed by atoms with Gasteiger partial charge in [-0.25, -0.2) is 5.90 Å². The van der Waals surface area contributed by atoms with Gasteiger partial charge in [-0.1, -0.05) is 0 Å². The van der Waals surface area contributed by atoms with E-state index in [1.807, 2.05) is 0 Å². The molecule has 4 atom stereocenters. The Kier molecular flexibility index (Phi) is 12.5. The summed E-state index contributed by atoms with van der Waals surface area (Å²) >= 11 is 0. The van der Waals surface area contributed by atoms with Crippen molar-refractivity contribution in [1.29, 1.82) is 0 Å². The third kappa shape index (κ3) is 8.45. The number of hydrogen-bond donors (Lipinski definition) is 6. The minimum Gasteiger partial charge on any atom is -0.394 e. The smallest absolute Gasteiger partial charge is 0.164 e. The van der Waals surface area contributed by atoms with Crippen LogP contribution < -0.4 is 5.90 Å². The Hall–Kier alpha value is -1.27. The Balaban J connectivity index is 0. The highest BCUT2D eigenvalue weighted by atomic mass is 16.6. The van der Waals surface area contributed by atoms with E-state index in [4.69, 9.17) is 25.5 Å². The number of rotatable bonds is 8. The molecule has 19 heavy (non-hydrogen) atoms. The lowest BCUT2D eigenvalue weighted by Gasteiger charge is -2.23. The van der Waals surface area contributed by atoms with Crippen LogP contribution in [0.4, 0.5) is 0 Å². The molecular formula is C9H17NO9. The molecule has 0 amide bonds. The summed E-state index contributed by atoms with van der Waals surface area (Å²) in [6.45, 7) is -0.742. The molecule has 112 valence electrons. The second-order valence-corrected chi connectivity index (χ2v) is 3.23. The Morgan fingerprint density at radius 3 is 1.63 bits per heavy atom. The zero-order valence-corrected chi connectivity index (χ0v) is 9.77. The predicted octanol–water partition coefficient (Wildman–Crippen LogP) is -4.74. The Bertz CT molecular complexity index is 254. The summed E-state index contributed by atoms with van der Waals surface area (Å²) in [5, 5.41) is 43.4. The lowest BCUT2D eigenvalue weighted by atomic mass is 10.0. The van der Waals surface area contributed by atoms with E-state index in [2.05, 4.69) is 10.7 Å². The monoisotopic (exact) mass is 283 g/mol. The maximum absolute atomic E-state index is 10.2. The molecule has 0 aliphatic rings. The summed E-state index contributed by atoms with van der Waals surface area (Å²) in [4.78, 5) is 32.7. The zero-order chi connectivity index (χ0) is 15.4. The van der Waals surface area contributed by atoms with Crippen molar-refractivity contribution in [2.24, 2.45) is 5.90 Å². The van der Waals surface area contributed by atoms with Crippen molar-refractivity contribution in [2.75, 3.05) is 6.61 Å². The predicted molar refractivity (Wildman–Crippen MR) is 58.4 cm³/mol. The van der Waals surface area contributed by atoms with E-state index in [9.17, 15) is 14.4 Å². The fourth-order valence-electron chi connectivity index (χ4n) is 0.755. The van der Waals surface area contributed by atoms with E-state index < -0.39 is 37.1 Å². The molecule has 10 heteroatoms. The minimum atomic E-state index is -1.69. The lowest BCUT2D eigenvalue weighted by Crippen LogP contribution is -2.48. The molecule has 0 aromatic carbocycles. The van der Waals surface area contributed by atoms with Gasteiger partial charge < -0.3 is 30.3 Å². The van der Waals surface area contributed by atoms with Gasteiger partial charge >= 0.3 is 0 Å². The average molecular weight is 283 g/mol. The van der Waals surface area contributed by atoms with Crippen molar-refractivity contribution in [1.82, 2.24) is 0 Å². The van der Waals surface area contributed by atoms with E-state index >= 15 is 0 Å². The highest BCUT2D eigenvalue weighted by Crippen LogP contribution is 2.04. The molecule has 0 bridgehead atoms. The first-order valence-corrected chi connectivity index (χ1v) is 4.94. The van der Waals surface area contributed by atoms with Crippen LogP contribution in [-0.4, -0.2) is 81.5 Å². The highest BCUT2D eigenvalue weighted by molar-refractivity contribution is 5.79. The van der Waals surface area contributed by atoms with Crippen LogP contribution in [0.5, 0.6) is 0 Å². The van der Waals surface area contributed by atoms with Crippen LogP contribution in [0.15, 0.2) is 0 Å². The zero-order valence-electron chi connectivity index (χ0n) is 9.77. The van der Waals surface area contributed by atoms with Gasteiger partial charge in [0.2, 0.25) is 0 Å². The second kappa shape index (κ2) is 11.8. The number of carbonyl (C=O) groups excluding carboxylic acids is 3. The van der Waals surface area contributed by atoms with E-state index in [0.717, 1.165) is 0 Å². The van der Waals surface area contributed by atoms with Gasteiger partial charge in [-0.3, -0.25) is 14.4 Å². The molecule has 0 saturated heterocycles. The molecule has 0 aliphatic heterocycles. The maximum Gasteiger partial charge on any atom is 0.164 e. The van der Waals surface area contributed by atoms with E-state index in [0.29, 0.717) is 0 Å². The molecule has 0 radical (unpaired) electrons. The van der Waals surface area contributed by atoms with Crippen molar-refractivity contribution < 1.29 is 44.8 Å². The number of carbonyl (C=O) groups is 3. The van der Waals surface area contributed by atoms with Crippen LogP contribution in [0, 0.1) is 0 Å². The third-order valence-electron chi connectivity index (χ3n) is 1.84. The maximum atomic E-state index is 10.2. The molecule has 0 heterocycles. The van der Waals surface area contributed by atoms with Crippen LogP contribution in [0.3, 0.4) is 0 Å². The van der Waals surface area contributed by atoms with Crippen LogP contribution in [0.25, 0.3) is 0 Å². The Labute approximate surface area is 108 Å². The molecule has 0 spiro atoms. The summed E-state index contributed by atoms with van der Waals surface area (Å²) in [6.07, 6.45) is -7.28. The molecule has 0 aromatic rings. The van der Waals surface area contributed by atoms with Crippen molar-refractivity contribution in [3.05, 3.63) is 0 Å². The van der Waals surface area contributed by atoms with Gasteiger partial charge in [-0.05, 0) is 0 Å². The van der Waals surface area contributed by atoms with E-state index in [1.54, 1.807) is 0 Å². The molecule has 7 N–H and O–H groups in total. The van der Waals surface area contributed by atoms with Gasteiger partial charge in [-0.2, -0.15) is 0 Å². The summed E-state index contributed by atoms with van der Waals surface area (Å²) in [5.41, 5.74) is 0. The number of nitrogens with two attached hydrogens (primary N) is 1. The van der Waals surface area contributed by atoms with Crippen LogP contribution in [0.2, 0.25) is 0 Å². The van der Waals surface area contributed by atoms with Crippen molar-refractivity contribution in [3.8, 4) is 0 Å². The molecular weight excluding hydrogens is 266 g/mol. The quantitative estimate of drug-likeness (QED) is 0.143. The molecule has 4 unspecified atom stereocenters. The van der Waals surface area contributed by atoms with Gasteiger partial charge in [-0.15, -0.1) is 0 Å². The fraction of sp³-hybridized carbons (Fsp3) is 0.667. The molecule has 0 fully saturated rings. The molecule has 0 saturated carbocycles. The largest absolute Gasteiger partial charge is 0.394 e. The Morgan fingerprint density at radius 1 is 0.947 bits per heavy atom. The van der Waals surface area contributed by atoms with Gasteiger partial charge in [0.25, 0.3) is 0 Å². The number of hydrogen-bond acceptors (Lipinski definition) is 10. The van der Waals surface area contributed by atoms with E-state index in [-0.39, 0.29) is 18.9 Å². The first-order valence-electron chi connectivity index (χ1n) is 4.94. The van der Waals surface area contributed by atoms with Crippen molar-refractivity contribution in [3.63, 3.8) is 0 Å². The topological polar surface area (TPSA) is 188 Å². The number of aldehydes is 3. The highest BCUT2D eigenvalue weighted by Gasteiger charge is 2.31. The molecule has 0 rings (SSSR count). The SMILES string of the molecule is NOC(C=O)C(O)C(O)C(O)CO.O=CC(O)C=O. The van der Waals surface area contributed by atoms with Gasteiger partial charge in [0.1, 0.15) is 18.3 Å². The van der Waals surface area contributed by atoms with Gasteiger partial charge in [0, 0.05) is 0 Å². The fourth-order valence-corrected chi connectivity index (χ4v) is 0.755. The Morgan fingerprint density at radius 2 is 1.42 bits per heavy atom. The van der Waals surface area contributed by atoms with Crippen LogP contribution >= 0.6 is 0 Å². The average Bonchev–Trinajstić information content (AvgIpc) is 2.46. The summed E-state index contributed by atoms with van der Waals surface area (Å²) in [7, 11) is 0.